The lowest BCUT2D eigenvalue weighted by atomic mass is 10.1. The minimum absolute atomic E-state index is 0.264. The van der Waals surface area contributed by atoms with Gasteiger partial charge in [0.25, 0.3) is 0 Å². The second kappa shape index (κ2) is 5.70. The predicted octanol–water partition coefficient (Wildman–Crippen LogP) is 1.32. The number of aromatic nitrogens is 1. The van der Waals surface area contributed by atoms with Crippen molar-refractivity contribution in [3.63, 3.8) is 0 Å². The van der Waals surface area contributed by atoms with E-state index in [1.807, 2.05) is 12.1 Å². The molecule has 2 fully saturated rings. The normalized spacial score (nSPS) is 24.0. The maximum Gasteiger partial charge on any atom is 0.227 e. The van der Waals surface area contributed by atoms with Crippen LogP contribution in [0.25, 0.3) is 0 Å². The molecule has 2 aliphatic rings. The standard InChI is InChI=1S/C15H21N3O/c19-15(11-13-4-6-16-7-5-13)18-10-2-9-17-8-1-3-14(17)12-18/h4-7,14H,1-3,8-12H2/t14-/m0/s1. The first-order chi connectivity index (χ1) is 9.33. The molecule has 0 bridgehead atoms. The first kappa shape index (κ1) is 12.6. The van der Waals surface area contributed by atoms with Crippen molar-refractivity contribution in [3.05, 3.63) is 30.1 Å². The van der Waals surface area contributed by atoms with Crippen LogP contribution in [0.4, 0.5) is 0 Å². The zero-order chi connectivity index (χ0) is 13.1. The fourth-order valence-electron chi connectivity index (χ4n) is 3.22. The highest BCUT2D eigenvalue weighted by atomic mass is 16.2. The van der Waals surface area contributed by atoms with Crippen molar-refractivity contribution < 1.29 is 4.79 Å². The van der Waals surface area contributed by atoms with Gasteiger partial charge >= 0.3 is 0 Å². The molecule has 4 nitrogen and oxygen atoms in total. The lowest BCUT2D eigenvalue weighted by Crippen LogP contribution is -2.40. The molecule has 1 aromatic heterocycles. The highest BCUT2D eigenvalue weighted by molar-refractivity contribution is 5.78. The summed E-state index contributed by atoms with van der Waals surface area (Å²) < 4.78 is 0. The SMILES string of the molecule is O=C(Cc1ccncc1)N1CCCN2CCC[C@H]2C1. The van der Waals surface area contributed by atoms with Gasteiger partial charge in [-0.05, 0) is 43.5 Å². The van der Waals surface area contributed by atoms with Crippen molar-refractivity contribution in [3.8, 4) is 0 Å². The summed E-state index contributed by atoms with van der Waals surface area (Å²) in [6.45, 7) is 4.21. The van der Waals surface area contributed by atoms with Gasteiger partial charge < -0.3 is 4.90 Å². The highest BCUT2D eigenvalue weighted by Crippen LogP contribution is 2.21. The number of pyridine rings is 1. The summed E-state index contributed by atoms with van der Waals surface area (Å²) >= 11 is 0. The lowest BCUT2D eigenvalue weighted by Gasteiger charge is -2.25. The number of carbonyl (C=O) groups excluding carboxylic acids is 1. The first-order valence-corrected chi connectivity index (χ1v) is 7.23. The number of nitrogens with zero attached hydrogens (tertiary/aromatic N) is 3. The van der Waals surface area contributed by atoms with Gasteiger partial charge in [0, 0.05) is 38.1 Å². The van der Waals surface area contributed by atoms with E-state index in [4.69, 9.17) is 0 Å². The maximum absolute atomic E-state index is 12.4. The van der Waals surface area contributed by atoms with Crippen molar-refractivity contribution in [1.82, 2.24) is 14.8 Å². The Hall–Kier alpha value is -1.42. The molecule has 0 radical (unpaired) electrons. The number of carbonyl (C=O) groups is 1. The van der Waals surface area contributed by atoms with Crippen LogP contribution in [0.5, 0.6) is 0 Å². The van der Waals surface area contributed by atoms with Gasteiger partial charge in [-0.15, -0.1) is 0 Å². The van der Waals surface area contributed by atoms with Gasteiger partial charge in [-0.2, -0.15) is 0 Å². The minimum atomic E-state index is 0.264. The Morgan fingerprint density at radius 3 is 2.84 bits per heavy atom. The predicted molar refractivity (Wildman–Crippen MR) is 73.7 cm³/mol. The Morgan fingerprint density at radius 1 is 1.21 bits per heavy atom. The molecule has 1 aromatic rings. The maximum atomic E-state index is 12.4. The fourth-order valence-corrected chi connectivity index (χ4v) is 3.22. The molecule has 0 spiro atoms. The molecule has 2 saturated heterocycles. The van der Waals surface area contributed by atoms with Crippen LogP contribution in [0.15, 0.2) is 24.5 Å². The summed E-state index contributed by atoms with van der Waals surface area (Å²) in [5.74, 6) is 0.264. The van der Waals surface area contributed by atoms with Crippen LogP contribution < -0.4 is 0 Å². The summed E-state index contributed by atoms with van der Waals surface area (Å²) in [4.78, 5) is 21.0. The van der Waals surface area contributed by atoms with Crippen LogP contribution in [0.2, 0.25) is 0 Å². The molecule has 2 aliphatic heterocycles. The summed E-state index contributed by atoms with van der Waals surface area (Å²) in [5.41, 5.74) is 1.06. The van der Waals surface area contributed by atoms with Crippen molar-refractivity contribution in [2.24, 2.45) is 0 Å². The molecule has 19 heavy (non-hydrogen) atoms. The van der Waals surface area contributed by atoms with E-state index in [0.717, 1.165) is 31.6 Å². The van der Waals surface area contributed by atoms with Gasteiger partial charge in [0.05, 0.1) is 6.42 Å². The monoisotopic (exact) mass is 259 g/mol. The number of rotatable bonds is 2. The van der Waals surface area contributed by atoms with Gasteiger partial charge in [-0.1, -0.05) is 0 Å². The number of hydrogen-bond acceptors (Lipinski definition) is 3. The quantitative estimate of drug-likeness (QED) is 0.804. The van der Waals surface area contributed by atoms with Crippen LogP contribution in [0.1, 0.15) is 24.8 Å². The molecule has 3 heterocycles. The first-order valence-electron chi connectivity index (χ1n) is 7.23. The van der Waals surface area contributed by atoms with Crippen molar-refractivity contribution in [2.45, 2.75) is 31.7 Å². The molecule has 0 unspecified atom stereocenters. The molecule has 0 N–H and O–H groups in total. The van der Waals surface area contributed by atoms with Crippen molar-refractivity contribution in [1.29, 1.82) is 0 Å². The van der Waals surface area contributed by atoms with Crippen molar-refractivity contribution in [2.75, 3.05) is 26.2 Å². The van der Waals surface area contributed by atoms with Crippen molar-refractivity contribution >= 4 is 5.91 Å². The third kappa shape index (κ3) is 2.95. The van der Waals surface area contributed by atoms with E-state index in [-0.39, 0.29) is 5.91 Å². The zero-order valence-corrected chi connectivity index (χ0v) is 11.3. The molecule has 1 atom stereocenters. The van der Waals surface area contributed by atoms with Gasteiger partial charge in [0.2, 0.25) is 5.91 Å². The zero-order valence-electron chi connectivity index (χ0n) is 11.3. The van der Waals surface area contributed by atoms with E-state index in [9.17, 15) is 4.79 Å². The Bertz CT molecular complexity index is 434. The average molecular weight is 259 g/mol. The van der Waals surface area contributed by atoms with Gasteiger partial charge in [-0.25, -0.2) is 0 Å². The van der Waals surface area contributed by atoms with Crippen LogP contribution in [-0.2, 0) is 11.2 Å². The summed E-state index contributed by atoms with van der Waals surface area (Å²) in [6, 6.07) is 4.46. The molecule has 102 valence electrons. The Kier molecular flexibility index (Phi) is 3.78. The minimum Gasteiger partial charge on any atom is -0.341 e. The van der Waals surface area contributed by atoms with E-state index in [2.05, 4.69) is 14.8 Å². The molecule has 0 saturated carbocycles. The summed E-state index contributed by atoms with van der Waals surface area (Å²) in [5, 5.41) is 0. The fraction of sp³-hybridized carbons (Fsp3) is 0.600. The third-order valence-corrected chi connectivity index (χ3v) is 4.26. The van der Waals surface area contributed by atoms with Crippen LogP contribution in [0.3, 0.4) is 0 Å². The highest BCUT2D eigenvalue weighted by Gasteiger charge is 2.30. The topological polar surface area (TPSA) is 36.4 Å². The van der Waals surface area contributed by atoms with Gasteiger partial charge in [0.15, 0.2) is 0 Å². The molecular formula is C15H21N3O. The smallest absolute Gasteiger partial charge is 0.227 e. The van der Waals surface area contributed by atoms with Crippen LogP contribution in [-0.4, -0.2) is 52.9 Å². The largest absolute Gasteiger partial charge is 0.341 e. The molecule has 4 heteroatoms. The third-order valence-electron chi connectivity index (χ3n) is 4.26. The average Bonchev–Trinajstić information content (AvgIpc) is 2.77. The molecule has 0 aromatic carbocycles. The molecule has 1 amide bonds. The second-order valence-electron chi connectivity index (χ2n) is 5.56. The summed E-state index contributed by atoms with van der Waals surface area (Å²) in [7, 11) is 0. The lowest BCUT2D eigenvalue weighted by molar-refractivity contribution is -0.130. The van der Waals surface area contributed by atoms with Crippen LogP contribution in [0, 0.1) is 0 Å². The van der Waals surface area contributed by atoms with E-state index in [0.29, 0.717) is 12.5 Å². The van der Waals surface area contributed by atoms with Gasteiger partial charge in [0.1, 0.15) is 0 Å². The molecular weight excluding hydrogens is 238 g/mol. The van der Waals surface area contributed by atoms with E-state index >= 15 is 0 Å². The van der Waals surface area contributed by atoms with Crippen LogP contribution >= 0.6 is 0 Å². The molecule has 3 rings (SSSR count). The van der Waals surface area contributed by atoms with E-state index < -0.39 is 0 Å². The molecule has 0 aliphatic carbocycles. The number of amides is 1. The Morgan fingerprint density at radius 2 is 2.00 bits per heavy atom. The Labute approximate surface area is 114 Å². The Balaban J connectivity index is 1.63. The summed E-state index contributed by atoms with van der Waals surface area (Å²) in [6.07, 6.45) is 7.66. The number of hydrogen-bond donors (Lipinski definition) is 0. The van der Waals surface area contributed by atoms with E-state index in [1.165, 1.54) is 19.4 Å². The second-order valence-corrected chi connectivity index (χ2v) is 5.56. The van der Waals surface area contributed by atoms with E-state index in [1.54, 1.807) is 12.4 Å². The number of fused-ring (bicyclic) bond motifs is 1. The van der Waals surface area contributed by atoms with Gasteiger partial charge in [-0.3, -0.25) is 14.7 Å².